The average Bonchev–Trinajstić information content (AvgIpc) is 2.45. The summed E-state index contributed by atoms with van der Waals surface area (Å²) in [4.78, 5) is 22.7. The Labute approximate surface area is 141 Å². The summed E-state index contributed by atoms with van der Waals surface area (Å²) in [6, 6.07) is 4.58. The molecular weight excluding hydrogens is 314 g/mol. The third kappa shape index (κ3) is 7.21. The molecule has 1 amide bonds. The first-order chi connectivity index (χ1) is 11.2. The third-order valence-electron chi connectivity index (χ3n) is 2.74. The predicted octanol–water partition coefficient (Wildman–Crippen LogP) is 3.08. The fourth-order valence-corrected chi connectivity index (χ4v) is 1.81. The first-order valence-electron chi connectivity index (χ1n) is 7.82. The molecule has 1 rings (SSSR count). The Morgan fingerprint density at radius 1 is 1.21 bits per heavy atom. The van der Waals surface area contributed by atoms with Crippen molar-refractivity contribution in [3.63, 3.8) is 0 Å². The molecule has 7 heteroatoms. The van der Waals surface area contributed by atoms with Crippen LogP contribution >= 0.6 is 0 Å². The number of hydrogen-bond donors (Lipinski definition) is 2. The summed E-state index contributed by atoms with van der Waals surface area (Å²) in [5, 5.41) is 11.8. The molecule has 7 nitrogen and oxygen atoms in total. The van der Waals surface area contributed by atoms with E-state index in [4.69, 9.17) is 14.2 Å². The topological polar surface area (TPSA) is 94.1 Å². The number of carboxylic acid groups (broad SMARTS) is 1. The second-order valence-electron chi connectivity index (χ2n) is 6.03. The van der Waals surface area contributed by atoms with Crippen molar-refractivity contribution >= 4 is 12.1 Å². The van der Waals surface area contributed by atoms with Crippen LogP contribution in [0.4, 0.5) is 4.79 Å². The third-order valence-corrected chi connectivity index (χ3v) is 2.74. The molecule has 0 aliphatic rings. The molecule has 0 aliphatic heterocycles. The van der Waals surface area contributed by atoms with E-state index in [2.05, 4.69) is 5.32 Å². The number of benzene rings is 1. The molecular formula is C17H25NO6. The molecule has 0 fully saturated rings. The largest absolute Gasteiger partial charge is 0.494 e. The lowest BCUT2D eigenvalue weighted by Crippen LogP contribution is -2.33. The molecule has 0 atom stereocenters. The maximum absolute atomic E-state index is 11.5. The second kappa shape index (κ2) is 9.00. The number of amides is 1. The van der Waals surface area contributed by atoms with Crippen LogP contribution in [0.2, 0.25) is 0 Å². The first kappa shape index (κ1) is 19.6. The number of ether oxygens (including phenoxy) is 3. The van der Waals surface area contributed by atoms with Gasteiger partial charge in [-0.2, -0.15) is 0 Å². The van der Waals surface area contributed by atoms with Crippen LogP contribution < -0.4 is 14.8 Å². The molecule has 1 aromatic carbocycles. The van der Waals surface area contributed by atoms with E-state index in [0.29, 0.717) is 25.3 Å². The van der Waals surface area contributed by atoms with E-state index >= 15 is 0 Å². The Bertz CT molecular complexity index is 565. The lowest BCUT2D eigenvalue weighted by atomic mass is 10.2. The van der Waals surface area contributed by atoms with Gasteiger partial charge in [-0.15, -0.1) is 0 Å². The van der Waals surface area contributed by atoms with Crippen LogP contribution in [0.5, 0.6) is 11.5 Å². The minimum atomic E-state index is -1.07. The molecule has 0 saturated heterocycles. The zero-order valence-corrected chi connectivity index (χ0v) is 14.5. The number of carboxylic acids is 1. The molecule has 0 heterocycles. The molecule has 0 saturated carbocycles. The minimum Gasteiger partial charge on any atom is -0.494 e. The zero-order chi connectivity index (χ0) is 18.2. The molecule has 0 aliphatic carbocycles. The maximum Gasteiger partial charge on any atom is 0.407 e. The Kier molecular flexibility index (Phi) is 7.35. The summed E-state index contributed by atoms with van der Waals surface area (Å²) in [5.41, 5.74) is -0.477. The van der Waals surface area contributed by atoms with Crippen molar-refractivity contribution in [3.05, 3.63) is 23.8 Å². The average molecular weight is 339 g/mol. The highest BCUT2D eigenvalue weighted by atomic mass is 16.6. The molecule has 0 bridgehead atoms. The van der Waals surface area contributed by atoms with Gasteiger partial charge in [0.1, 0.15) is 22.7 Å². The Hall–Kier alpha value is -2.44. The van der Waals surface area contributed by atoms with E-state index in [1.807, 2.05) is 6.92 Å². The summed E-state index contributed by atoms with van der Waals surface area (Å²) >= 11 is 0. The van der Waals surface area contributed by atoms with Crippen LogP contribution in [0.15, 0.2) is 18.2 Å². The standard InChI is InChI=1S/C17H25NO6/c1-5-22-12-7-8-13(15(19)20)14(11-12)23-10-6-9-18-16(21)24-17(2,3)4/h7-8,11H,5-6,9-10H2,1-4H3,(H,18,21)(H,19,20). The van der Waals surface area contributed by atoms with Crippen LogP contribution in [0, 0.1) is 0 Å². The maximum atomic E-state index is 11.5. The van der Waals surface area contributed by atoms with Gasteiger partial charge < -0.3 is 24.6 Å². The smallest absolute Gasteiger partial charge is 0.407 e. The SMILES string of the molecule is CCOc1ccc(C(=O)O)c(OCCCNC(=O)OC(C)(C)C)c1. The lowest BCUT2D eigenvalue weighted by Gasteiger charge is -2.19. The Morgan fingerprint density at radius 2 is 1.92 bits per heavy atom. The quantitative estimate of drug-likeness (QED) is 0.707. The summed E-state index contributed by atoms with van der Waals surface area (Å²) in [7, 11) is 0. The van der Waals surface area contributed by atoms with E-state index in [1.54, 1.807) is 32.9 Å². The molecule has 0 unspecified atom stereocenters. The fraction of sp³-hybridized carbons (Fsp3) is 0.529. The van der Waals surface area contributed by atoms with Crippen LogP contribution in [-0.2, 0) is 4.74 Å². The van der Waals surface area contributed by atoms with Crippen molar-refractivity contribution < 1.29 is 28.9 Å². The van der Waals surface area contributed by atoms with Crippen molar-refractivity contribution in [2.45, 2.75) is 39.7 Å². The number of nitrogens with one attached hydrogen (secondary N) is 1. The van der Waals surface area contributed by atoms with Gasteiger partial charge in [-0.1, -0.05) is 0 Å². The van der Waals surface area contributed by atoms with Crippen molar-refractivity contribution in [1.29, 1.82) is 0 Å². The first-order valence-corrected chi connectivity index (χ1v) is 7.82. The highest BCUT2D eigenvalue weighted by Crippen LogP contribution is 2.25. The van der Waals surface area contributed by atoms with Crippen LogP contribution in [0.3, 0.4) is 0 Å². The summed E-state index contributed by atoms with van der Waals surface area (Å²) in [6.07, 6.45) is 0.0176. The molecule has 2 N–H and O–H groups in total. The number of carbonyl (C=O) groups is 2. The van der Waals surface area contributed by atoms with Gasteiger partial charge >= 0.3 is 12.1 Å². The molecule has 0 aromatic heterocycles. The Morgan fingerprint density at radius 3 is 2.50 bits per heavy atom. The molecule has 0 spiro atoms. The van der Waals surface area contributed by atoms with Crippen molar-refractivity contribution in [1.82, 2.24) is 5.32 Å². The van der Waals surface area contributed by atoms with Gasteiger partial charge in [0, 0.05) is 12.6 Å². The summed E-state index contributed by atoms with van der Waals surface area (Å²) < 4.78 is 16.0. The fourth-order valence-electron chi connectivity index (χ4n) is 1.81. The number of rotatable bonds is 8. The molecule has 1 aromatic rings. The molecule has 0 radical (unpaired) electrons. The van der Waals surface area contributed by atoms with E-state index in [-0.39, 0.29) is 17.9 Å². The van der Waals surface area contributed by atoms with Crippen LogP contribution in [0.1, 0.15) is 44.5 Å². The van der Waals surface area contributed by atoms with E-state index in [9.17, 15) is 14.7 Å². The van der Waals surface area contributed by atoms with Gasteiger partial charge in [-0.25, -0.2) is 9.59 Å². The number of alkyl carbamates (subject to hydrolysis) is 1. The highest BCUT2D eigenvalue weighted by molar-refractivity contribution is 5.91. The van der Waals surface area contributed by atoms with Crippen molar-refractivity contribution in [2.24, 2.45) is 0 Å². The van der Waals surface area contributed by atoms with Gasteiger partial charge in [0.05, 0.1) is 13.2 Å². The lowest BCUT2D eigenvalue weighted by molar-refractivity contribution is 0.0525. The van der Waals surface area contributed by atoms with E-state index in [1.165, 1.54) is 6.07 Å². The second-order valence-corrected chi connectivity index (χ2v) is 6.03. The van der Waals surface area contributed by atoms with Gasteiger partial charge in [0.15, 0.2) is 0 Å². The molecule has 134 valence electrons. The summed E-state index contributed by atoms with van der Waals surface area (Å²) in [6.45, 7) is 8.30. The number of aromatic carboxylic acids is 1. The number of hydrogen-bond acceptors (Lipinski definition) is 5. The Balaban J connectivity index is 2.47. The normalized spacial score (nSPS) is 10.8. The summed E-state index contributed by atoms with van der Waals surface area (Å²) in [5.74, 6) is -0.282. The van der Waals surface area contributed by atoms with Crippen molar-refractivity contribution in [2.75, 3.05) is 19.8 Å². The van der Waals surface area contributed by atoms with E-state index in [0.717, 1.165) is 0 Å². The van der Waals surface area contributed by atoms with Gasteiger partial charge in [0.2, 0.25) is 0 Å². The highest BCUT2D eigenvalue weighted by Gasteiger charge is 2.16. The zero-order valence-electron chi connectivity index (χ0n) is 14.5. The molecule has 24 heavy (non-hydrogen) atoms. The van der Waals surface area contributed by atoms with Crippen molar-refractivity contribution in [3.8, 4) is 11.5 Å². The van der Waals surface area contributed by atoms with Gasteiger partial charge in [0.25, 0.3) is 0 Å². The van der Waals surface area contributed by atoms with Crippen LogP contribution in [-0.4, -0.2) is 42.5 Å². The van der Waals surface area contributed by atoms with Crippen LogP contribution in [0.25, 0.3) is 0 Å². The number of carbonyl (C=O) groups excluding carboxylic acids is 1. The van der Waals surface area contributed by atoms with Gasteiger partial charge in [-0.05, 0) is 46.2 Å². The minimum absolute atomic E-state index is 0.0681. The predicted molar refractivity (Wildman–Crippen MR) is 88.9 cm³/mol. The van der Waals surface area contributed by atoms with E-state index < -0.39 is 17.7 Å². The van der Waals surface area contributed by atoms with Gasteiger partial charge in [-0.3, -0.25) is 0 Å². The monoisotopic (exact) mass is 339 g/mol.